The lowest BCUT2D eigenvalue weighted by Gasteiger charge is -2.19. The zero-order valence-electron chi connectivity index (χ0n) is 17.2. The molecule has 30 heavy (non-hydrogen) atoms. The molecule has 0 radical (unpaired) electrons. The van der Waals surface area contributed by atoms with Gasteiger partial charge in [0.1, 0.15) is 0 Å². The Bertz CT molecular complexity index is 973. The van der Waals surface area contributed by atoms with Crippen LogP contribution in [0, 0.1) is 0 Å². The van der Waals surface area contributed by atoms with Crippen molar-refractivity contribution in [3.8, 4) is 0 Å². The Labute approximate surface area is 175 Å². The van der Waals surface area contributed by atoms with Crippen LogP contribution >= 0.6 is 0 Å². The molecule has 3 amide bonds. The molecule has 3 rings (SSSR count). The van der Waals surface area contributed by atoms with E-state index in [4.69, 9.17) is 4.74 Å². The van der Waals surface area contributed by atoms with Gasteiger partial charge in [0.15, 0.2) is 6.61 Å². The third-order valence-electron chi connectivity index (χ3n) is 4.76. The van der Waals surface area contributed by atoms with E-state index >= 15 is 0 Å². The van der Waals surface area contributed by atoms with Crippen molar-refractivity contribution in [3.05, 3.63) is 59.7 Å². The Morgan fingerprint density at radius 3 is 2.23 bits per heavy atom. The highest BCUT2D eigenvalue weighted by Gasteiger charge is 2.30. The standard InChI is InChI=1S/C23H24N2O5/c1-23(2,3)16-7-9-17(10-8-16)24-19(26)14-30-22(29)15-5-4-6-18(13-15)25-20(27)11-12-21(25)28/h4-10,13H,11-12,14H2,1-3H3,(H,24,26). The largest absolute Gasteiger partial charge is 0.452 e. The molecule has 0 bridgehead atoms. The molecular weight excluding hydrogens is 384 g/mol. The molecule has 1 heterocycles. The molecule has 2 aromatic carbocycles. The molecule has 0 unspecified atom stereocenters. The summed E-state index contributed by atoms with van der Waals surface area (Å²) in [5, 5.41) is 2.68. The van der Waals surface area contributed by atoms with E-state index in [-0.39, 0.29) is 35.6 Å². The van der Waals surface area contributed by atoms with Gasteiger partial charge in [-0.3, -0.25) is 19.3 Å². The average molecular weight is 408 g/mol. The number of ether oxygens (including phenoxy) is 1. The lowest BCUT2D eigenvalue weighted by molar-refractivity contribution is -0.121. The number of hydrogen-bond donors (Lipinski definition) is 1. The maximum Gasteiger partial charge on any atom is 0.338 e. The predicted molar refractivity (Wildman–Crippen MR) is 112 cm³/mol. The number of benzene rings is 2. The Hall–Kier alpha value is -3.48. The molecule has 0 aliphatic carbocycles. The van der Waals surface area contributed by atoms with E-state index in [9.17, 15) is 19.2 Å². The second kappa shape index (κ2) is 8.49. The molecule has 2 aromatic rings. The average Bonchev–Trinajstić information content (AvgIpc) is 3.04. The van der Waals surface area contributed by atoms with Crippen LogP contribution < -0.4 is 10.2 Å². The van der Waals surface area contributed by atoms with Gasteiger partial charge in [-0.15, -0.1) is 0 Å². The molecule has 1 N–H and O–H groups in total. The third-order valence-corrected chi connectivity index (χ3v) is 4.76. The summed E-state index contributed by atoms with van der Waals surface area (Å²) >= 11 is 0. The van der Waals surface area contributed by atoms with Crippen LogP contribution in [0.3, 0.4) is 0 Å². The first-order valence-electron chi connectivity index (χ1n) is 9.68. The molecule has 7 nitrogen and oxygen atoms in total. The predicted octanol–water partition coefficient (Wildman–Crippen LogP) is 3.43. The summed E-state index contributed by atoms with van der Waals surface area (Å²) in [5.41, 5.74) is 2.23. The second-order valence-corrected chi connectivity index (χ2v) is 8.12. The van der Waals surface area contributed by atoms with Gasteiger partial charge in [0, 0.05) is 18.5 Å². The number of imide groups is 1. The number of carbonyl (C=O) groups is 4. The summed E-state index contributed by atoms with van der Waals surface area (Å²) < 4.78 is 5.07. The van der Waals surface area contributed by atoms with Gasteiger partial charge in [0.05, 0.1) is 11.3 Å². The lowest BCUT2D eigenvalue weighted by Crippen LogP contribution is -2.28. The summed E-state index contributed by atoms with van der Waals surface area (Å²) in [5.74, 6) is -1.79. The van der Waals surface area contributed by atoms with Gasteiger partial charge in [-0.25, -0.2) is 4.79 Å². The van der Waals surface area contributed by atoms with E-state index in [1.165, 1.54) is 12.1 Å². The smallest absolute Gasteiger partial charge is 0.338 e. The van der Waals surface area contributed by atoms with Crippen molar-refractivity contribution in [2.24, 2.45) is 0 Å². The summed E-state index contributed by atoms with van der Waals surface area (Å²) in [6.07, 6.45) is 0.314. The van der Waals surface area contributed by atoms with Crippen LogP contribution in [0.4, 0.5) is 11.4 Å². The van der Waals surface area contributed by atoms with E-state index in [0.717, 1.165) is 10.5 Å². The minimum absolute atomic E-state index is 0.0108. The van der Waals surface area contributed by atoms with Crippen molar-refractivity contribution in [1.82, 2.24) is 0 Å². The number of hydrogen-bond acceptors (Lipinski definition) is 5. The van der Waals surface area contributed by atoms with Crippen LogP contribution in [-0.2, 0) is 24.5 Å². The molecule has 0 atom stereocenters. The minimum atomic E-state index is -0.714. The van der Waals surface area contributed by atoms with E-state index in [0.29, 0.717) is 11.4 Å². The highest BCUT2D eigenvalue weighted by Crippen LogP contribution is 2.24. The van der Waals surface area contributed by atoms with Gasteiger partial charge in [0.2, 0.25) is 11.8 Å². The number of nitrogens with zero attached hydrogens (tertiary/aromatic N) is 1. The molecule has 1 aliphatic rings. The fourth-order valence-corrected chi connectivity index (χ4v) is 3.10. The molecule has 0 aromatic heterocycles. The molecule has 1 fully saturated rings. The van der Waals surface area contributed by atoms with E-state index in [1.807, 2.05) is 12.1 Å². The lowest BCUT2D eigenvalue weighted by atomic mass is 9.87. The van der Waals surface area contributed by atoms with Crippen LogP contribution in [0.15, 0.2) is 48.5 Å². The van der Waals surface area contributed by atoms with Gasteiger partial charge in [0.25, 0.3) is 5.91 Å². The minimum Gasteiger partial charge on any atom is -0.452 e. The zero-order chi connectivity index (χ0) is 21.9. The Morgan fingerprint density at radius 2 is 1.63 bits per heavy atom. The van der Waals surface area contributed by atoms with Gasteiger partial charge >= 0.3 is 5.97 Å². The molecule has 156 valence electrons. The summed E-state index contributed by atoms with van der Waals surface area (Å²) in [7, 11) is 0. The third kappa shape index (κ3) is 4.92. The Morgan fingerprint density at radius 1 is 1.00 bits per heavy atom. The maximum absolute atomic E-state index is 12.3. The summed E-state index contributed by atoms with van der Waals surface area (Å²) in [4.78, 5) is 49.2. The van der Waals surface area contributed by atoms with Crippen LogP contribution in [-0.4, -0.2) is 30.3 Å². The van der Waals surface area contributed by atoms with Crippen LogP contribution in [0.25, 0.3) is 0 Å². The van der Waals surface area contributed by atoms with Gasteiger partial charge in [-0.05, 0) is 41.3 Å². The van der Waals surface area contributed by atoms with Gasteiger partial charge in [-0.2, -0.15) is 0 Å². The Kier molecular flexibility index (Phi) is 6.01. The van der Waals surface area contributed by atoms with Gasteiger partial charge < -0.3 is 10.1 Å². The van der Waals surface area contributed by atoms with Crippen molar-refractivity contribution < 1.29 is 23.9 Å². The monoisotopic (exact) mass is 408 g/mol. The topological polar surface area (TPSA) is 92.8 Å². The van der Waals surface area contributed by atoms with Crippen molar-refractivity contribution in [2.75, 3.05) is 16.8 Å². The van der Waals surface area contributed by atoms with Crippen molar-refractivity contribution >= 4 is 35.1 Å². The molecule has 7 heteroatoms. The van der Waals surface area contributed by atoms with Crippen LogP contribution in [0.5, 0.6) is 0 Å². The van der Waals surface area contributed by atoms with Gasteiger partial charge in [-0.1, -0.05) is 39.0 Å². The van der Waals surface area contributed by atoms with E-state index in [2.05, 4.69) is 26.1 Å². The van der Waals surface area contributed by atoms with Crippen molar-refractivity contribution in [3.63, 3.8) is 0 Å². The molecular formula is C23H24N2O5. The molecule has 0 saturated carbocycles. The first-order chi connectivity index (χ1) is 14.1. The number of carbonyl (C=O) groups excluding carboxylic acids is 4. The summed E-state index contributed by atoms with van der Waals surface area (Å²) in [6, 6.07) is 13.5. The molecule has 0 spiro atoms. The van der Waals surface area contributed by atoms with E-state index in [1.54, 1.807) is 24.3 Å². The SMILES string of the molecule is CC(C)(C)c1ccc(NC(=O)COC(=O)c2cccc(N3C(=O)CCC3=O)c2)cc1. The van der Waals surface area contributed by atoms with Crippen molar-refractivity contribution in [1.29, 1.82) is 0 Å². The van der Waals surface area contributed by atoms with E-state index < -0.39 is 18.5 Å². The molecule has 1 saturated heterocycles. The second-order valence-electron chi connectivity index (χ2n) is 8.12. The zero-order valence-corrected chi connectivity index (χ0v) is 17.2. The fourth-order valence-electron chi connectivity index (χ4n) is 3.10. The Balaban J connectivity index is 1.58. The van der Waals surface area contributed by atoms with Crippen LogP contribution in [0.2, 0.25) is 0 Å². The van der Waals surface area contributed by atoms with Crippen molar-refractivity contribution in [2.45, 2.75) is 39.0 Å². The number of nitrogens with one attached hydrogen (secondary N) is 1. The van der Waals surface area contributed by atoms with Crippen LogP contribution in [0.1, 0.15) is 49.5 Å². The fraction of sp³-hybridized carbons (Fsp3) is 0.304. The first kappa shape index (κ1) is 21.2. The highest BCUT2D eigenvalue weighted by molar-refractivity contribution is 6.20. The number of anilines is 2. The highest BCUT2D eigenvalue weighted by atomic mass is 16.5. The molecule has 1 aliphatic heterocycles. The number of amides is 3. The quantitative estimate of drug-likeness (QED) is 0.604. The summed E-state index contributed by atoms with van der Waals surface area (Å²) in [6.45, 7) is 5.85. The number of rotatable bonds is 5. The first-order valence-corrected chi connectivity index (χ1v) is 9.68. The number of esters is 1. The normalized spacial score (nSPS) is 14.0. The maximum atomic E-state index is 12.3.